The quantitative estimate of drug-likeness (QED) is 0.829. The molecule has 2 aromatic heterocycles. The standard InChI is InChI=1S/C11H8F3N3O2/c12-11(13,14)10(19)17-5-8(18)7-4-16-9-6(7)2-1-3-15-9/h1-4H,5H2,(H,15,16)(H,17,19). The third-order valence-corrected chi connectivity index (χ3v) is 2.42. The summed E-state index contributed by atoms with van der Waals surface area (Å²) in [6.07, 6.45) is -2.14. The van der Waals surface area contributed by atoms with E-state index >= 15 is 0 Å². The Morgan fingerprint density at radius 3 is 2.79 bits per heavy atom. The molecule has 2 N–H and O–H groups in total. The topological polar surface area (TPSA) is 74.8 Å². The molecule has 0 atom stereocenters. The fraction of sp³-hybridized carbons (Fsp3) is 0.182. The number of alkyl halides is 3. The second-order valence-corrected chi connectivity index (χ2v) is 3.71. The van der Waals surface area contributed by atoms with Crippen molar-refractivity contribution in [3.8, 4) is 0 Å². The first kappa shape index (κ1) is 13.1. The summed E-state index contributed by atoms with van der Waals surface area (Å²) in [5.74, 6) is -2.77. The molecular formula is C11H8F3N3O2. The maximum Gasteiger partial charge on any atom is 0.471 e. The number of aromatic amines is 1. The summed E-state index contributed by atoms with van der Waals surface area (Å²) in [4.78, 5) is 29.0. The lowest BCUT2D eigenvalue weighted by Gasteiger charge is -2.06. The molecule has 0 aliphatic heterocycles. The van der Waals surface area contributed by atoms with E-state index in [4.69, 9.17) is 0 Å². The summed E-state index contributed by atoms with van der Waals surface area (Å²) < 4.78 is 35.9. The van der Waals surface area contributed by atoms with E-state index in [1.54, 1.807) is 12.1 Å². The van der Waals surface area contributed by atoms with Gasteiger partial charge >= 0.3 is 12.1 Å². The number of ketones is 1. The summed E-state index contributed by atoms with van der Waals surface area (Å²) >= 11 is 0. The van der Waals surface area contributed by atoms with Gasteiger partial charge in [-0.2, -0.15) is 13.2 Å². The van der Waals surface area contributed by atoms with Crippen molar-refractivity contribution < 1.29 is 22.8 Å². The predicted molar refractivity (Wildman–Crippen MR) is 59.5 cm³/mol. The van der Waals surface area contributed by atoms with Crippen molar-refractivity contribution >= 4 is 22.7 Å². The molecule has 0 fully saturated rings. The van der Waals surface area contributed by atoms with Crippen LogP contribution in [0.15, 0.2) is 24.5 Å². The molecule has 100 valence electrons. The summed E-state index contributed by atoms with van der Waals surface area (Å²) in [6.45, 7) is -0.722. The molecule has 1 amide bonds. The molecule has 2 aromatic rings. The Balaban J connectivity index is 2.11. The van der Waals surface area contributed by atoms with Gasteiger partial charge < -0.3 is 10.3 Å². The number of H-pyrrole nitrogens is 1. The molecule has 5 nitrogen and oxygen atoms in total. The van der Waals surface area contributed by atoms with Crippen LogP contribution in [0.3, 0.4) is 0 Å². The summed E-state index contributed by atoms with van der Waals surface area (Å²) in [7, 11) is 0. The smallest absolute Gasteiger partial charge is 0.345 e. The highest BCUT2D eigenvalue weighted by Gasteiger charge is 2.38. The van der Waals surface area contributed by atoms with Crippen molar-refractivity contribution in [2.24, 2.45) is 0 Å². The molecule has 8 heteroatoms. The molecule has 0 saturated heterocycles. The Morgan fingerprint density at radius 2 is 2.11 bits per heavy atom. The molecule has 0 aromatic carbocycles. The number of Topliss-reactive ketones (excluding diaryl/α,β-unsaturated/α-hetero) is 1. The van der Waals surface area contributed by atoms with Crippen LogP contribution in [0.1, 0.15) is 10.4 Å². The van der Waals surface area contributed by atoms with Crippen LogP contribution in [0.25, 0.3) is 11.0 Å². The largest absolute Gasteiger partial charge is 0.471 e. The third kappa shape index (κ3) is 2.72. The number of hydrogen-bond donors (Lipinski definition) is 2. The summed E-state index contributed by atoms with van der Waals surface area (Å²) in [5, 5.41) is 2.02. The van der Waals surface area contributed by atoms with Crippen molar-refractivity contribution in [2.45, 2.75) is 6.18 Å². The Morgan fingerprint density at radius 1 is 1.37 bits per heavy atom. The maximum atomic E-state index is 12.0. The Kier molecular flexibility index (Phi) is 3.24. The minimum absolute atomic E-state index is 0.186. The van der Waals surface area contributed by atoms with Crippen molar-refractivity contribution in [1.82, 2.24) is 15.3 Å². The summed E-state index contributed by atoms with van der Waals surface area (Å²) in [6, 6.07) is 3.21. The number of pyridine rings is 1. The summed E-state index contributed by atoms with van der Waals surface area (Å²) in [5.41, 5.74) is 0.638. The number of carbonyl (C=O) groups excluding carboxylic acids is 2. The van der Waals surface area contributed by atoms with Gasteiger partial charge in [-0.1, -0.05) is 0 Å². The van der Waals surface area contributed by atoms with Crippen LogP contribution >= 0.6 is 0 Å². The number of hydrogen-bond acceptors (Lipinski definition) is 3. The maximum absolute atomic E-state index is 12.0. The monoisotopic (exact) mass is 271 g/mol. The average Bonchev–Trinajstić information content (AvgIpc) is 2.78. The minimum atomic E-state index is -5.00. The second kappa shape index (κ2) is 4.71. The molecule has 0 aliphatic carbocycles. The minimum Gasteiger partial charge on any atom is -0.345 e. The molecule has 0 radical (unpaired) electrons. The van der Waals surface area contributed by atoms with E-state index in [1.807, 2.05) is 0 Å². The van der Waals surface area contributed by atoms with Gasteiger partial charge in [0.1, 0.15) is 5.65 Å². The van der Waals surface area contributed by atoms with Crippen molar-refractivity contribution in [3.05, 3.63) is 30.1 Å². The van der Waals surface area contributed by atoms with Crippen LogP contribution in [-0.2, 0) is 4.79 Å². The molecular weight excluding hydrogens is 263 g/mol. The van der Waals surface area contributed by atoms with E-state index in [0.717, 1.165) is 0 Å². The SMILES string of the molecule is O=C(CNC(=O)C(F)(F)F)c1c[nH]c2ncccc12. The number of halogens is 3. The number of nitrogens with one attached hydrogen (secondary N) is 2. The van der Waals surface area contributed by atoms with Gasteiger partial charge in [-0.3, -0.25) is 9.59 Å². The fourth-order valence-electron chi connectivity index (χ4n) is 1.54. The second-order valence-electron chi connectivity index (χ2n) is 3.71. The van der Waals surface area contributed by atoms with Gasteiger partial charge in [-0.05, 0) is 12.1 Å². The first-order chi connectivity index (χ1) is 8.89. The van der Waals surface area contributed by atoms with Gasteiger partial charge in [0.2, 0.25) is 0 Å². The number of rotatable bonds is 3. The molecule has 0 bridgehead atoms. The molecule has 2 heterocycles. The van der Waals surface area contributed by atoms with Crippen LogP contribution in [0, 0.1) is 0 Å². The zero-order valence-corrected chi connectivity index (χ0v) is 9.41. The first-order valence-corrected chi connectivity index (χ1v) is 5.20. The van der Waals surface area contributed by atoms with Crippen molar-refractivity contribution in [1.29, 1.82) is 0 Å². The van der Waals surface area contributed by atoms with E-state index in [-0.39, 0.29) is 5.56 Å². The van der Waals surface area contributed by atoms with Crippen LogP contribution in [0.5, 0.6) is 0 Å². The van der Waals surface area contributed by atoms with Gasteiger partial charge in [0, 0.05) is 23.3 Å². The molecule has 0 aliphatic rings. The third-order valence-electron chi connectivity index (χ3n) is 2.42. The lowest BCUT2D eigenvalue weighted by molar-refractivity contribution is -0.173. The van der Waals surface area contributed by atoms with Crippen LogP contribution in [0.2, 0.25) is 0 Å². The van der Waals surface area contributed by atoms with E-state index in [9.17, 15) is 22.8 Å². The van der Waals surface area contributed by atoms with E-state index in [2.05, 4.69) is 9.97 Å². The number of carbonyl (C=O) groups is 2. The fourth-order valence-corrected chi connectivity index (χ4v) is 1.54. The number of fused-ring (bicyclic) bond motifs is 1. The molecule has 2 rings (SSSR count). The lowest BCUT2D eigenvalue weighted by atomic mass is 10.1. The number of aromatic nitrogens is 2. The molecule has 0 spiro atoms. The first-order valence-electron chi connectivity index (χ1n) is 5.20. The van der Waals surface area contributed by atoms with E-state index in [0.29, 0.717) is 11.0 Å². The normalized spacial score (nSPS) is 11.5. The van der Waals surface area contributed by atoms with Crippen LogP contribution in [0.4, 0.5) is 13.2 Å². The van der Waals surface area contributed by atoms with E-state index in [1.165, 1.54) is 17.7 Å². The number of amides is 1. The Bertz CT molecular complexity index is 633. The van der Waals surface area contributed by atoms with E-state index < -0.39 is 24.4 Å². The molecule has 19 heavy (non-hydrogen) atoms. The average molecular weight is 271 g/mol. The Labute approximate surface area is 104 Å². The van der Waals surface area contributed by atoms with Gasteiger partial charge in [-0.15, -0.1) is 0 Å². The Hall–Kier alpha value is -2.38. The highest BCUT2D eigenvalue weighted by atomic mass is 19.4. The lowest BCUT2D eigenvalue weighted by Crippen LogP contribution is -2.39. The van der Waals surface area contributed by atoms with Crippen molar-refractivity contribution in [3.63, 3.8) is 0 Å². The van der Waals surface area contributed by atoms with Gasteiger partial charge in [0.05, 0.1) is 6.54 Å². The van der Waals surface area contributed by atoms with Crippen molar-refractivity contribution in [2.75, 3.05) is 6.54 Å². The van der Waals surface area contributed by atoms with Crippen LogP contribution < -0.4 is 5.32 Å². The van der Waals surface area contributed by atoms with Gasteiger partial charge in [-0.25, -0.2) is 4.98 Å². The highest BCUT2D eigenvalue weighted by Crippen LogP contribution is 2.17. The molecule has 0 saturated carbocycles. The zero-order chi connectivity index (χ0) is 14.0. The van der Waals surface area contributed by atoms with Crippen LogP contribution in [-0.4, -0.2) is 34.4 Å². The highest BCUT2D eigenvalue weighted by molar-refractivity contribution is 6.08. The van der Waals surface area contributed by atoms with Gasteiger partial charge in [0.25, 0.3) is 0 Å². The zero-order valence-electron chi connectivity index (χ0n) is 9.41. The number of nitrogens with zero attached hydrogens (tertiary/aromatic N) is 1. The molecule has 0 unspecified atom stereocenters. The predicted octanol–water partition coefficient (Wildman–Crippen LogP) is 1.42. The van der Waals surface area contributed by atoms with Gasteiger partial charge in [0.15, 0.2) is 5.78 Å².